The maximum atomic E-state index is 5.39. The van der Waals surface area contributed by atoms with Gasteiger partial charge < -0.3 is 9.47 Å². The molecular formula is C18H19BrN4O2S. The predicted molar refractivity (Wildman–Crippen MR) is 105 cm³/mol. The third-order valence-corrected chi connectivity index (χ3v) is 5.64. The smallest absolute Gasteiger partial charge is 0.214 e. The quantitative estimate of drug-likeness (QED) is 0.537. The predicted octanol–water partition coefficient (Wildman–Crippen LogP) is 4.35. The summed E-state index contributed by atoms with van der Waals surface area (Å²) in [6, 6.07) is 10.1. The van der Waals surface area contributed by atoms with Gasteiger partial charge >= 0.3 is 0 Å². The number of ether oxygens (including phenoxy) is 2. The first kappa shape index (κ1) is 18.7. The minimum absolute atomic E-state index is 0.687. The lowest BCUT2D eigenvalue weighted by atomic mass is 10.1. The summed E-state index contributed by atoms with van der Waals surface area (Å²) in [4.78, 5) is 0. The maximum Gasteiger partial charge on any atom is 0.214 e. The molecule has 0 aliphatic carbocycles. The van der Waals surface area contributed by atoms with Crippen LogP contribution in [0.5, 0.6) is 11.5 Å². The van der Waals surface area contributed by atoms with E-state index in [-0.39, 0.29) is 0 Å². The molecule has 0 spiro atoms. The molecule has 6 nitrogen and oxygen atoms in total. The molecule has 1 heterocycles. The molecule has 3 rings (SSSR count). The van der Waals surface area contributed by atoms with Gasteiger partial charge in [0.15, 0.2) is 11.5 Å². The highest BCUT2D eigenvalue weighted by atomic mass is 79.9. The van der Waals surface area contributed by atoms with E-state index in [0.29, 0.717) is 17.3 Å². The molecule has 0 saturated carbocycles. The molecule has 0 N–H and O–H groups in total. The molecule has 0 amide bonds. The number of halogens is 1. The minimum atomic E-state index is 0.687. The second kappa shape index (κ2) is 8.09. The van der Waals surface area contributed by atoms with Crippen LogP contribution < -0.4 is 9.47 Å². The van der Waals surface area contributed by atoms with Gasteiger partial charge in [-0.05, 0) is 53.6 Å². The van der Waals surface area contributed by atoms with Crippen molar-refractivity contribution in [3.8, 4) is 17.2 Å². The molecule has 0 bridgehead atoms. The first-order valence-corrected chi connectivity index (χ1v) is 9.70. The van der Waals surface area contributed by atoms with Crippen LogP contribution in [0.2, 0.25) is 0 Å². The van der Waals surface area contributed by atoms with Gasteiger partial charge in [-0.25, -0.2) is 0 Å². The fourth-order valence-electron chi connectivity index (χ4n) is 2.61. The van der Waals surface area contributed by atoms with E-state index in [9.17, 15) is 0 Å². The van der Waals surface area contributed by atoms with Gasteiger partial charge in [-0.2, -0.15) is 4.68 Å². The van der Waals surface area contributed by atoms with Crippen LogP contribution in [0.3, 0.4) is 0 Å². The second-order valence-corrected chi connectivity index (χ2v) is 7.55. The van der Waals surface area contributed by atoms with Crippen LogP contribution in [-0.4, -0.2) is 34.4 Å². The van der Waals surface area contributed by atoms with Gasteiger partial charge in [-0.1, -0.05) is 45.4 Å². The highest BCUT2D eigenvalue weighted by Crippen LogP contribution is 2.36. The van der Waals surface area contributed by atoms with Gasteiger partial charge in [0.25, 0.3) is 0 Å². The van der Waals surface area contributed by atoms with Gasteiger partial charge in [-0.3, -0.25) is 0 Å². The number of methoxy groups -OCH3 is 2. The van der Waals surface area contributed by atoms with E-state index in [1.54, 1.807) is 30.7 Å². The van der Waals surface area contributed by atoms with Crippen molar-refractivity contribution in [3.05, 3.63) is 51.5 Å². The van der Waals surface area contributed by atoms with Crippen molar-refractivity contribution in [2.24, 2.45) is 0 Å². The molecular weight excluding hydrogens is 416 g/mol. The Hall–Kier alpha value is -2.06. The van der Waals surface area contributed by atoms with E-state index >= 15 is 0 Å². The average Bonchev–Trinajstić information content (AvgIpc) is 3.08. The van der Waals surface area contributed by atoms with Crippen LogP contribution in [0.4, 0.5) is 0 Å². The Balaban J connectivity index is 1.85. The summed E-state index contributed by atoms with van der Waals surface area (Å²) in [5.74, 6) is 2.07. The summed E-state index contributed by atoms with van der Waals surface area (Å²) >= 11 is 5.15. The molecule has 26 heavy (non-hydrogen) atoms. The average molecular weight is 435 g/mol. The molecule has 0 aliphatic heterocycles. The van der Waals surface area contributed by atoms with Crippen molar-refractivity contribution in [1.82, 2.24) is 20.2 Å². The fourth-order valence-corrected chi connectivity index (χ4v) is 4.14. The monoisotopic (exact) mass is 434 g/mol. The van der Waals surface area contributed by atoms with E-state index in [0.717, 1.165) is 26.4 Å². The largest absolute Gasteiger partial charge is 0.493 e. The topological polar surface area (TPSA) is 62.1 Å². The lowest BCUT2D eigenvalue weighted by Gasteiger charge is -2.12. The van der Waals surface area contributed by atoms with E-state index in [1.807, 2.05) is 18.2 Å². The number of aryl methyl sites for hydroxylation is 2. The standard InChI is InChI=1S/C18H19BrN4O2S/c1-11-5-6-15(12(2)7-11)23-18(20-21-22-23)26-10-13-8-16(24-3)17(25-4)9-14(13)19/h5-9H,10H2,1-4H3. The van der Waals surface area contributed by atoms with Crippen LogP contribution in [0.25, 0.3) is 5.69 Å². The Morgan fingerprint density at radius 2 is 1.81 bits per heavy atom. The van der Waals surface area contributed by atoms with Gasteiger partial charge in [-0.15, -0.1) is 5.10 Å². The summed E-state index contributed by atoms with van der Waals surface area (Å²) in [6.45, 7) is 4.13. The zero-order valence-corrected chi connectivity index (χ0v) is 17.4. The number of rotatable bonds is 6. The number of thioether (sulfide) groups is 1. The van der Waals surface area contributed by atoms with Crippen molar-refractivity contribution in [2.45, 2.75) is 24.8 Å². The number of hydrogen-bond donors (Lipinski definition) is 0. The maximum absolute atomic E-state index is 5.39. The first-order valence-electron chi connectivity index (χ1n) is 7.92. The molecule has 8 heteroatoms. The van der Waals surface area contributed by atoms with Gasteiger partial charge in [0, 0.05) is 10.2 Å². The normalized spacial score (nSPS) is 10.8. The van der Waals surface area contributed by atoms with E-state index < -0.39 is 0 Å². The SMILES string of the molecule is COc1cc(Br)c(CSc2nnnn2-c2ccc(C)cc2C)cc1OC. The highest BCUT2D eigenvalue weighted by molar-refractivity contribution is 9.10. The molecule has 1 aromatic heterocycles. The summed E-state index contributed by atoms with van der Waals surface area (Å²) in [5, 5.41) is 12.9. The number of tetrazole rings is 1. The third-order valence-electron chi connectivity index (χ3n) is 3.93. The Morgan fingerprint density at radius 1 is 1.08 bits per heavy atom. The zero-order chi connectivity index (χ0) is 18.7. The summed E-state index contributed by atoms with van der Waals surface area (Å²) < 4.78 is 13.4. The second-order valence-electron chi connectivity index (χ2n) is 5.75. The van der Waals surface area contributed by atoms with Crippen LogP contribution in [0, 0.1) is 13.8 Å². The molecule has 0 saturated heterocycles. The lowest BCUT2D eigenvalue weighted by molar-refractivity contribution is 0.354. The minimum Gasteiger partial charge on any atom is -0.493 e. The van der Waals surface area contributed by atoms with E-state index in [4.69, 9.17) is 9.47 Å². The summed E-state index contributed by atoms with van der Waals surface area (Å²) in [5.41, 5.74) is 4.39. The van der Waals surface area contributed by atoms with Crippen LogP contribution >= 0.6 is 27.7 Å². The lowest BCUT2D eigenvalue weighted by Crippen LogP contribution is -2.02. The summed E-state index contributed by atoms with van der Waals surface area (Å²) in [6.07, 6.45) is 0. The number of nitrogens with zero attached hydrogens (tertiary/aromatic N) is 4. The van der Waals surface area contributed by atoms with Gasteiger partial charge in [0.1, 0.15) is 0 Å². The van der Waals surface area contributed by atoms with Crippen LogP contribution in [-0.2, 0) is 5.75 Å². The zero-order valence-electron chi connectivity index (χ0n) is 15.0. The molecule has 136 valence electrons. The Bertz CT molecular complexity index is 930. The molecule has 0 radical (unpaired) electrons. The van der Waals surface area contributed by atoms with Crippen LogP contribution in [0.15, 0.2) is 40.0 Å². The molecule has 2 aromatic carbocycles. The van der Waals surface area contributed by atoms with Gasteiger partial charge in [0.2, 0.25) is 5.16 Å². The molecule has 0 unspecified atom stereocenters. The first-order chi connectivity index (χ1) is 12.5. The fraction of sp³-hybridized carbons (Fsp3) is 0.278. The van der Waals surface area contributed by atoms with Crippen molar-refractivity contribution >= 4 is 27.7 Å². The Labute approximate surface area is 165 Å². The highest BCUT2D eigenvalue weighted by Gasteiger charge is 2.14. The van der Waals surface area contributed by atoms with Crippen molar-refractivity contribution < 1.29 is 9.47 Å². The number of benzene rings is 2. The van der Waals surface area contributed by atoms with Crippen molar-refractivity contribution in [3.63, 3.8) is 0 Å². The molecule has 3 aromatic rings. The van der Waals surface area contributed by atoms with Crippen molar-refractivity contribution in [1.29, 1.82) is 0 Å². The Morgan fingerprint density at radius 3 is 2.50 bits per heavy atom. The molecule has 0 fully saturated rings. The van der Waals surface area contributed by atoms with Gasteiger partial charge in [0.05, 0.1) is 19.9 Å². The van der Waals surface area contributed by atoms with E-state index in [2.05, 4.69) is 57.4 Å². The Kier molecular flexibility index (Phi) is 5.83. The molecule has 0 aliphatic rings. The number of hydrogen-bond acceptors (Lipinski definition) is 6. The third kappa shape index (κ3) is 3.86. The number of aromatic nitrogens is 4. The summed E-state index contributed by atoms with van der Waals surface area (Å²) in [7, 11) is 3.25. The van der Waals surface area contributed by atoms with Crippen LogP contribution in [0.1, 0.15) is 16.7 Å². The molecule has 0 atom stereocenters. The van der Waals surface area contributed by atoms with E-state index in [1.165, 1.54) is 5.56 Å². The van der Waals surface area contributed by atoms with Crippen molar-refractivity contribution in [2.75, 3.05) is 14.2 Å².